The van der Waals surface area contributed by atoms with Crippen LogP contribution >= 0.6 is 11.8 Å². The molecule has 1 saturated heterocycles. The van der Waals surface area contributed by atoms with E-state index in [0.717, 1.165) is 28.4 Å². The van der Waals surface area contributed by atoms with E-state index in [9.17, 15) is 9.59 Å². The van der Waals surface area contributed by atoms with E-state index in [4.69, 9.17) is 5.11 Å². The minimum atomic E-state index is -0.862. The van der Waals surface area contributed by atoms with Crippen LogP contribution in [-0.2, 0) is 16.0 Å². The molecule has 2 aromatic rings. The number of amides is 1. The first-order valence-corrected chi connectivity index (χ1v) is 9.82. The zero-order valence-corrected chi connectivity index (χ0v) is 15.8. The molecule has 26 heavy (non-hydrogen) atoms. The van der Waals surface area contributed by atoms with Gasteiger partial charge in [-0.25, -0.2) is 4.68 Å². The Kier molecular flexibility index (Phi) is 5.66. The third kappa shape index (κ3) is 3.93. The van der Waals surface area contributed by atoms with E-state index in [1.165, 1.54) is 0 Å². The molecule has 1 atom stereocenters. The van der Waals surface area contributed by atoms with Gasteiger partial charge in [0.05, 0.1) is 30.3 Å². The Morgan fingerprint density at radius 2 is 2.00 bits per heavy atom. The molecule has 7 heteroatoms. The van der Waals surface area contributed by atoms with Crippen molar-refractivity contribution in [3.05, 3.63) is 47.3 Å². The summed E-state index contributed by atoms with van der Waals surface area (Å²) >= 11 is 1.71. The number of benzene rings is 1. The second kappa shape index (κ2) is 7.95. The fourth-order valence-corrected chi connectivity index (χ4v) is 4.42. The highest BCUT2D eigenvalue weighted by atomic mass is 32.2. The van der Waals surface area contributed by atoms with Crippen LogP contribution in [0.15, 0.2) is 30.3 Å². The molecule has 0 radical (unpaired) electrons. The summed E-state index contributed by atoms with van der Waals surface area (Å²) in [4.78, 5) is 25.7. The van der Waals surface area contributed by atoms with Crippen LogP contribution in [0.25, 0.3) is 5.69 Å². The van der Waals surface area contributed by atoms with Crippen LogP contribution in [0.1, 0.15) is 23.4 Å². The SMILES string of the molecule is Cc1nn(-c2ccccc2)c(C)c1CC(=O)N1CCSCC1CC(=O)O. The largest absolute Gasteiger partial charge is 0.481 e. The number of carbonyl (C=O) groups is 2. The first-order valence-electron chi connectivity index (χ1n) is 8.67. The Morgan fingerprint density at radius 1 is 1.27 bits per heavy atom. The molecule has 0 spiro atoms. The normalized spacial score (nSPS) is 17.3. The Morgan fingerprint density at radius 3 is 2.69 bits per heavy atom. The number of nitrogens with zero attached hydrogens (tertiary/aromatic N) is 3. The van der Waals surface area contributed by atoms with Crippen LogP contribution in [0, 0.1) is 13.8 Å². The van der Waals surface area contributed by atoms with Gasteiger partial charge in [-0.15, -0.1) is 0 Å². The summed E-state index contributed by atoms with van der Waals surface area (Å²) in [5.41, 5.74) is 3.67. The van der Waals surface area contributed by atoms with Crippen molar-refractivity contribution in [3.8, 4) is 5.69 Å². The summed E-state index contributed by atoms with van der Waals surface area (Å²) in [5, 5.41) is 13.7. The molecule has 1 N–H and O–H groups in total. The Bertz CT molecular complexity index is 804. The van der Waals surface area contributed by atoms with E-state index in [1.807, 2.05) is 48.9 Å². The van der Waals surface area contributed by atoms with Gasteiger partial charge in [0.2, 0.25) is 5.91 Å². The molecule has 1 aliphatic rings. The van der Waals surface area contributed by atoms with Gasteiger partial charge in [-0.1, -0.05) is 18.2 Å². The number of aliphatic carboxylic acids is 1. The van der Waals surface area contributed by atoms with Gasteiger partial charge in [-0.3, -0.25) is 9.59 Å². The third-order valence-corrected chi connectivity index (χ3v) is 5.82. The van der Waals surface area contributed by atoms with Crippen molar-refractivity contribution in [1.82, 2.24) is 14.7 Å². The predicted octanol–water partition coefficient (Wildman–Crippen LogP) is 2.45. The number of hydrogen-bond acceptors (Lipinski definition) is 4. The molecule has 1 unspecified atom stereocenters. The molecular formula is C19H23N3O3S. The molecule has 1 fully saturated rings. The number of carboxylic acid groups (broad SMARTS) is 1. The predicted molar refractivity (Wildman–Crippen MR) is 102 cm³/mol. The molecule has 0 bridgehead atoms. The van der Waals surface area contributed by atoms with Gasteiger partial charge >= 0.3 is 5.97 Å². The van der Waals surface area contributed by atoms with Gasteiger partial charge in [0.1, 0.15) is 0 Å². The van der Waals surface area contributed by atoms with Gasteiger partial charge in [0.15, 0.2) is 0 Å². The van der Waals surface area contributed by atoms with E-state index in [1.54, 1.807) is 16.7 Å². The van der Waals surface area contributed by atoms with Gasteiger partial charge in [0, 0.05) is 29.3 Å². The number of aryl methyl sites for hydroxylation is 1. The van der Waals surface area contributed by atoms with Crippen molar-refractivity contribution in [2.24, 2.45) is 0 Å². The second-order valence-electron chi connectivity index (χ2n) is 6.49. The van der Waals surface area contributed by atoms with Crippen molar-refractivity contribution in [2.45, 2.75) is 32.7 Å². The average molecular weight is 373 g/mol. The number of carbonyl (C=O) groups excluding carboxylic acids is 1. The summed E-state index contributed by atoms with van der Waals surface area (Å²) in [6.07, 6.45) is 0.255. The average Bonchev–Trinajstić information content (AvgIpc) is 2.90. The van der Waals surface area contributed by atoms with Crippen LogP contribution < -0.4 is 0 Å². The summed E-state index contributed by atoms with van der Waals surface area (Å²) < 4.78 is 1.86. The summed E-state index contributed by atoms with van der Waals surface area (Å²) in [6.45, 7) is 4.48. The fourth-order valence-electron chi connectivity index (χ4n) is 3.36. The highest BCUT2D eigenvalue weighted by molar-refractivity contribution is 7.99. The molecule has 138 valence electrons. The van der Waals surface area contributed by atoms with Gasteiger partial charge < -0.3 is 10.0 Å². The zero-order chi connectivity index (χ0) is 18.7. The lowest BCUT2D eigenvalue weighted by atomic mass is 10.1. The van der Waals surface area contributed by atoms with Crippen LogP contribution in [0.4, 0.5) is 0 Å². The minimum absolute atomic E-state index is 0.0000183. The monoisotopic (exact) mass is 373 g/mol. The summed E-state index contributed by atoms with van der Waals surface area (Å²) in [5.74, 6) is 0.650. The van der Waals surface area contributed by atoms with Crippen LogP contribution in [0.3, 0.4) is 0 Å². The molecule has 0 aliphatic carbocycles. The number of carboxylic acids is 1. The molecule has 1 aromatic carbocycles. The first kappa shape index (κ1) is 18.5. The first-order chi connectivity index (χ1) is 12.5. The zero-order valence-electron chi connectivity index (χ0n) is 15.0. The van der Waals surface area contributed by atoms with Crippen LogP contribution in [0.5, 0.6) is 0 Å². The number of para-hydroxylation sites is 1. The van der Waals surface area contributed by atoms with Crippen molar-refractivity contribution in [1.29, 1.82) is 0 Å². The maximum atomic E-state index is 12.9. The van der Waals surface area contributed by atoms with E-state index >= 15 is 0 Å². The molecule has 0 saturated carbocycles. The molecule has 1 aromatic heterocycles. The van der Waals surface area contributed by atoms with E-state index in [2.05, 4.69) is 5.10 Å². The maximum Gasteiger partial charge on any atom is 0.305 e. The fraction of sp³-hybridized carbons (Fsp3) is 0.421. The van der Waals surface area contributed by atoms with Crippen molar-refractivity contribution in [2.75, 3.05) is 18.1 Å². The Balaban J connectivity index is 1.81. The Hall–Kier alpha value is -2.28. The highest BCUT2D eigenvalue weighted by Crippen LogP contribution is 2.23. The maximum absolute atomic E-state index is 12.9. The van der Waals surface area contributed by atoms with Crippen molar-refractivity contribution < 1.29 is 14.7 Å². The van der Waals surface area contributed by atoms with Crippen LogP contribution in [0.2, 0.25) is 0 Å². The smallest absolute Gasteiger partial charge is 0.305 e. The number of rotatable bonds is 5. The lowest BCUT2D eigenvalue weighted by Crippen LogP contribution is -2.47. The molecule has 1 amide bonds. The van der Waals surface area contributed by atoms with Gasteiger partial charge in [0.25, 0.3) is 0 Å². The van der Waals surface area contributed by atoms with Crippen LogP contribution in [-0.4, -0.2) is 55.8 Å². The van der Waals surface area contributed by atoms with E-state index in [-0.39, 0.29) is 24.8 Å². The number of hydrogen-bond donors (Lipinski definition) is 1. The second-order valence-corrected chi connectivity index (χ2v) is 7.64. The lowest BCUT2D eigenvalue weighted by molar-refractivity contribution is -0.140. The molecule has 6 nitrogen and oxygen atoms in total. The summed E-state index contributed by atoms with van der Waals surface area (Å²) in [6, 6.07) is 9.60. The van der Waals surface area contributed by atoms with E-state index in [0.29, 0.717) is 12.3 Å². The lowest BCUT2D eigenvalue weighted by Gasteiger charge is -2.34. The standard InChI is InChI=1S/C19H23N3O3S/c1-13-17(14(2)22(20-13)15-6-4-3-5-7-15)11-18(23)21-8-9-26-12-16(21)10-19(24)25/h3-7,16H,8-12H2,1-2H3,(H,24,25). The molecule has 3 rings (SSSR count). The van der Waals surface area contributed by atoms with Crippen molar-refractivity contribution >= 4 is 23.6 Å². The van der Waals surface area contributed by atoms with Gasteiger partial charge in [-0.2, -0.15) is 16.9 Å². The minimum Gasteiger partial charge on any atom is -0.481 e. The molecule has 1 aliphatic heterocycles. The summed E-state index contributed by atoms with van der Waals surface area (Å²) in [7, 11) is 0. The number of thioether (sulfide) groups is 1. The van der Waals surface area contributed by atoms with Crippen molar-refractivity contribution in [3.63, 3.8) is 0 Å². The van der Waals surface area contributed by atoms with E-state index < -0.39 is 5.97 Å². The third-order valence-electron chi connectivity index (χ3n) is 4.73. The topological polar surface area (TPSA) is 75.4 Å². The Labute approximate surface area is 157 Å². The van der Waals surface area contributed by atoms with Gasteiger partial charge in [-0.05, 0) is 26.0 Å². The highest BCUT2D eigenvalue weighted by Gasteiger charge is 2.29. The molecule has 2 heterocycles. The number of aromatic nitrogens is 2. The quantitative estimate of drug-likeness (QED) is 0.871. The molecular weight excluding hydrogens is 350 g/mol.